The maximum atomic E-state index is 12.2. The Labute approximate surface area is 159 Å². The van der Waals surface area contributed by atoms with Gasteiger partial charge >= 0.3 is 0 Å². The zero-order valence-electron chi connectivity index (χ0n) is 16.3. The van der Waals surface area contributed by atoms with Gasteiger partial charge < -0.3 is 20.1 Å². The van der Waals surface area contributed by atoms with E-state index in [4.69, 9.17) is 9.47 Å². The second-order valence-electron chi connectivity index (χ2n) is 7.03. The Morgan fingerprint density at radius 2 is 1.77 bits per heavy atom. The number of nitrogens with one attached hydrogen (secondary N) is 2. The number of ether oxygens (including phenoxy) is 2. The SMILES string of the molecule is CCOCCC(=O)NC1CCC(C(=O)NCCOCC(=O)C(C)C)CC1.[HH].[HH]. The molecule has 1 saturated carbocycles. The lowest BCUT2D eigenvalue weighted by molar-refractivity contribution is -0.127. The van der Waals surface area contributed by atoms with Crippen molar-refractivity contribution in [2.45, 2.75) is 58.9 Å². The maximum absolute atomic E-state index is 12.2. The molecule has 2 N–H and O–H groups in total. The molecule has 0 saturated heterocycles. The minimum atomic E-state index is -0.0283. The Bertz CT molecular complexity index is 456. The van der Waals surface area contributed by atoms with E-state index in [9.17, 15) is 14.4 Å². The van der Waals surface area contributed by atoms with E-state index in [-0.39, 0.29) is 44.9 Å². The molecule has 1 rings (SSSR count). The lowest BCUT2D eigenvalue weighted by Gasteiger charge is -2.28. The quantitative estimate of drug-likeness (QED) is 0.509. The molecular formula is C19H38N2O5. The van der Waals surface area contributed by atoms with Gasteiger partial charge in [0.05, 0.1) is 13.2 Å². The first-order chi connectivity index (χ1) is 12.4. The number of carbonyl (C=O) groups excluding carboxylic acids is 3. The van der Waals surface area contributed by atoms with E-state index in [0.29, 0.717) is 32.8 Å². The third-order valence-corrected chi connectivity index (χ3v) is 4.57. The fourth-order valence-corrected chi connectivity index (χ4v) is 2.84. The standard InChI is InChI=1S/C19H34N2O5.2H2/c1-4-25-11-9-18(23)21-16-7-5-15(6-8-16)19(24)20-10-12-26-13-17(22)14(2)3;;/h14-16H,4-13H2,1-3H3,(H,20,24)(H,21,23);2*1H. The van der Waals surface area contributed by atoms with Crippen LogP contribution >= 0.6 is 0 Å². The smallest absolute Gasteiger partial charge is 0.223 e. The summed E-state index contributed by atoms with van der Waals surface area (Å²) in [5, 5.41) is 5.88. The summed E-state index contributed by atoms with van der Waals surface area (Å²) in [7, 11) is 0. The molecule has 1 aliphatic rings. The van der Waals surface area contributed by atoms with Crippen molar-refractivity contribution in [2.75, 3.05) is 33.0 Å². The van der Waals surface area contributed by atoms with Crippen molar-refractivity contribution in [3.8, 4) is 0 Å². The molecule has 26 heavy (non-hydrogen) atoms. The minimum Gasteiger partial charge on any atom is -0.381 e. The average Bonchev–Trinajstić information content (AvgIpc) is 2.61. The second-order valence-corrected chi connectivity index (χ2v) is 7.03. The summed E-state index contributed by atoms with van der Waals surface area (Å²) in [6, 6.07) is 0.151. The van der Waals surface area contributed by atoms with Gasteiger partial charge in [0, 0.05) is 40.3 Å². The summed E-state index contributed by atoms with van der Waals surface area (Å²) in [6.45, 7) is 7.50. The van der Waals surface area contributed by atoms with Gasteiger partial charge in [-0.2, -0.15) is 0 Å². The third-order valence-electron chi connectivity index (χ3n) is 4.57. The zero-order chi connectivity index (χ0) is 19.4. The van der Waals surface area contributed by atoms with Gasteiger partial charge in [0.1, 0.15) is 6.61 Å². The summed E-state index contributed by atoms with van der Waals surface area (Å²) in [4.78, 5) is 35.4. The highest BCUT2D eigenvalue weighted by Crippen LogP contribution is 2.24. The van der Waals surface area contributed by atoms with Gasteiger partial charge in [0.2, 0.25) is 11.8 Å². The topological polar surface area (TPSA) is 93.7 Å². The first-order valence-corrected chi connectivity index (χ1v) is 9.69. The molecule has 0 aliphatic heterocycles. The van der Waals surface area contributed by atoms with Crippen LogP contribution in [0.25, 0.3) is 0 Å². The van der Waals surface area contributed by atoms with Gasteiger partial charge in [-0.25, -0.2) is 0 Å². The van der Waals surface area contributed by atoms with Crippen LogP contribution in [0.5, 0.6) is 0 Å². The van der Waals surface area contributed by atoms with Crippen LogP contribution in [-0.2, 0) is 23.9 Å². The molecule has 0 unspecified atom stereocenters. The highest BCUT2D eigenvalue weighted by Gasteiger charge is 2.26. The highest BCUT2D eigenvalue weighted by molar-refractivity contribution is 5.81. The minimum absolute atomic E-state index is 0. The first kappa shape index (κ1) is 22.6. The number of rotatable bonds is 12. The highest BCUT2D eigenvalue weighted by atomic mass is 16.5. The van der Waals surface area contributed by atoms with Crippen LogP contribution in [-0.4, -0.2) is 56.6 Å². The fourth-order valence-electron chi connectivity index (χ4n) is 2.84. The van der Waals surface area contributed by atoms with Crippen molar-refractivity contribution >= 4 is 17.6 Å². The second kappa shape index (κ2) is 12.8. The number of amides is 2. The van der Waals surface area contributed by atoms with E-state index in [1.165, 1.54) is 0 Å². The van der Waals surface area contributed by atoms with Crippen LogP contribution in [0.3, 0.4) is 0 Å². The van der Waals surface area contributed by atoms with Crippen molar-refractivity contribution in [1.29, 1.82) is 0 Å². The van der Waals surface area contributed by atoms with Gasteiger partial charge in [-0.05, 0) is 32.6 Å². The normalized spacial score (nSPS) is 20.0. The van der Waals surface area contributed by atoms with Crippen molar-refractivity contribution in [3.05, 3.63) is 0 Å². The van der Waals surface area contributed by atoms with Crippen LogP contribution in [0.4, 0.5) is 0 Å². The molecule has 0 aromatic rings. The first-order valence-electron chi connectivity index (χ1n) is 9.69. The summed E-state index contributed by atoms with van der Waals surface area (Å²) in [5.41, 5.74) is 0. The molecule has 0 bridgehead atoms. The molecule has 0 spiro atoms. The lowest BCUT2D eigenvalue weighted by atomic mass is 9.85. The van der Waals surface area contributed by atoms with E-state index in [2.05, 4.69) is 10.6 Å². The Morgan fingerprint density at radius 1 is 1.08 bits per heavy atom. The monoisotopic (exact) mass is 374 g/mol. The van der Waals surface area contributed by atoms with Crippen molar-refractivity contribution < 1.29 is 26.7 Å². The van der Waals surface area contributed by atoms with Crippen LogP contribution in [0.1, 0.15) is 55.7 Å². The number of Topliss-reactive ketones (excluding diaryl/α,β-unsaturated/α-hetero) is 1. The lowest BCUT2D eigenvalue weighted by Crippen LogP contribution is -2.41. The Kier molecular flexibility index (Phi) is 11.1. The summed E-state index contributed by atoms with van der Waals surface area (Å²) < 4.78 is 10.5. The Morgan fingerprint density at radius 3 is 2.38 bits per heavy atom. The molecule has 0 aromatic heterocycles. The molecular weight excluding hydrogens is 336 g/mol. The largest absolute Gasteiger partial charge is 0.381 e. The number of hydrogen-bond donors (Lipinski definition) is 2. The number of carbonyl (C=O) groups is 3. The molecule has 0 atom stereocenters. The van der Waals surface area contributed by atoms with Crippen LogP contribution < -0.4 is 10.6 Å². The Balaban J connectivity index is 0. The van der Waals surface area contributed by atoms with Crippen molar-refractivity contribution in [1.82, 2.24) is 10.6 Å². The van der Waals surface area contributed by atoms with E-state index in [1.807, 2.05) is 20.8 Å². The van der Waals surface area contributed by atoms with Gasteiger partial charge in [0.25, 0.3) is 0 Å². The van der Waals surface area contributed by atoms with E-state index in [0.717, 1.165) is 25.7 Å². The van der Waals surface area contributed by atoms with Crippen LogP contribution in [0.15, 0.2) is 0 Å². The summed E-state index contributed by atoms with van der Waals surface area (Å²) in [5.74, 6) is 0.0746. The van der Waals surface area contributed by atoms with Gasteiger partial charge in [-0.1, -0.05) is 13.8 Å². The van der Waals surface area contributed by atoms with E-state index in [1.54, 1.807) is 0 Å². The van der Waals surface area contributed by atoms with E-state index < -0.39 is 0 Å². The third kappa shape index (κ3) is 9.29. The summed E-state index contributed by atoms with van der Waals surface area (Å²) >= 11 is 0. The van der Waals surface area contributed by atoms with Crippen molar-refractivity contribution in [2.24, 2.45) is 11.8 Å². The van der Waals surface area contributed by atoms with Gasteiger partial charge in [0.15, 0.2) is 5.78 Å². The molecule has 2 amide bonds. The van der Waals surface area contributed by atoms with Crippen LogP contribution in [0, 0.1) is 11.8 Å². The van der Waals surface area contributed by atoms with Gasteiger partial charge in [-0.3, -0.25) is 14.4 Å². The molecule has 0 radical (unpaired) electrons. The maximum Gasteiger partial charge on any atom is 0.223 e. The molecule has 0 heterocycles. The van der Waals surface area contributed by atoms with E-state index >= 15 is 0 Å². The Hall–Kier alpha value is -1.47. The molecule has 7 heteroatoms. The van der Waals surface area contributed by atoms with Gasteiger partial charge in [-0.15, -0.1) is 0 Å². The zero-order valence-corrected chi connectivity index (χ0v) is 16.3. The fraction of sp³-hybridized carbons (Fsp3) is 0.842. The van der Waals surface area contributed by atoms with Crippen molar-refractivity contribution in [3.63, 3.8) is 0 Å². The molecule has 7 nitrogen and oxygen atoms in total. The summed E-state index contributed by atoms with van der Waals surface area (Å²) in [6.07, 6.45) is 3.56. The van der Waals surface area contributed by atoms with Crippen LogP contribution in [0.2, 0.25) is 0 Å². The molecule has 1 aliphatic carbocycles. The molecule has 1 fully saturated rings. The molecule has 0 aromatic carbocycles. The number of ketones is 1. The predicted molar refractivity (Wildman–Crippen MR) is 103 cm³/mol. The number of hydrogen-bond acceptors (Lipinski definition) is 5. The molecule has 154 valence electrons. The average molecular weight is 375 g/mol. The predicted octanol–water partition coefficient (Wildman–Crippen LogP) is 1.94.